The topological polar surface area (TPSA) is 128 Å². The minimum absolute atomic E-state index is 0.0397. The molecule has 0 saturated heterocycles. The molecule has 1 rings (SSSR count). The Bertz CT molecular complexity index is 1040. The molecule has 1 aromatic carbocycles. The minimum Gasteiger partial charge on any atom is -0.478 e. The van der Waals surface area contributed by atoms with Crippen LogP contribution >= 0.6 is 0 Å². The van der Waals surface area contributed by atoms with Gasteiger partial charge in [0, 0.05) is 45.7 Å². The van der Waals surface area contributed by atoms with Crippen LogP contribution in [0.15, 0.2) is 24.3 Å². The highest BCUT2D eigenvalue weighted by molar-refractivity contribution is 5.87. The van der Waals surface area contributed by atoms with E-state index < -0.39 is 11.6 Å². The molecule has 0 spiro atoms. The van der Waals surface area contributed by atoms with Crippen LogP contribution < -0.4 is 0 Å². The molecule has 0 heterocycles. The Morgan fingerprint density at radius 3 is 1.67 bits per heavy atom. The van der Waals surface area contributed by atoms with Gasteiger partial charge in [0.2, 0.25) is 0 Å². The summed E-state index contributed by atoms with van der Waals surface area (Å²) in [5.74, 6) is -1.14. The summed E-state index contributed by atoms with van der Waals surface area (Å²) in [5, 5.41) is 9.09. The number of ketones is 3. The largest absolute Gasteiger partial charge is 0.478 e. The molecule has 0 radical (unpaired) electrons. The Morgan fingerprint density at radius 1 is 0.714 bits per heavy atom. The van der Waals surface area contributed by atoms with Crippen molar-refractivity contribution in [3.8, 4) is 0 Å². The molecule has 0 aliphatic heterocycles. The van der Waals surface area contributed by atoms with Gasteiger partial charge in [0.15, 0.2) is 0 Å². The van der Waals surface area contributed by atoms with Crippen molar-refractivity contribution >= 4 is 29.3 Å². The summed E-state index contributed by atoms with van der Waals surface area (Å²) in [6.07, 6.45) is 0.813. The summed E-state index contributed by atoms with van der Waals surface area (Å²) in [5.41, 5.74) is 0.525. The summed E-state index contributed by atoms with van der Waals surface area (Å²) in [6.45, 7) is 12.9. The average molecular weight is 591 g/mol. The van der Waals surface area contributed by atoms with Gasteiger partial charge in [0.05, 0.1) is 31.7 Å². The fourth-order valence-electron chi connectivity index (χ4n) is 4.32. The number of rotatable bonds is 21. The van der Waals surface area contributed by atoms with Crippen molar-refractivity contribution in [2.45, 2.75) is 53.1 Å². The number of ether oxygens (including phenoxy) is 1. The van der Waals surface area contributed by atoms with Gasteiger partial charge in [-0.3, -0.25) is 38.8 Å². The molecule has 0 fully saturated rings. The Kier molecular flexibility index (Phi) is 16.3. The number of carbonyl (C=O) groups is 5. The van der Waals surface area contributed by atoms with Crippen LogP contribution in [0.5, 0.6) is 0 Å². The molecule has 0 atom stereocenters. The minimum atomic E-state index is -0.991. The normalized spacial score (nSPS) is 11.9. The lowest BCUT2D eigenvalue weighted by molar-refractivity contribution is -0.155. The predicted octanol–water partition coefficient (Wildman–Crippen LogP) is 1.87. The van der Waals surface area contributed by atoms with E-state index in [0.717, 1.165) is 5.56 Å². The molecule has 236 valence electrons. The van der Waals surface area contributed by atoms with Crippen LogP contribution in [0.25, 0.3) is 0 Å². The lowest BCUT2D eigenvalue weighted by Gasteiger charge is -2.29. The molecule has 11 heteroatoms. The molecule has 1 N–H and O–H groups in total. The van der Waals surface area contributed by atoms with E-state index in [-0.39, 0.29) is 48.5 Å². The quantitative estimate of drug-likeness (QED) is 0.211. The molecule has 0 amide bonds. The lowest BCUT2D eigenvalue weighted by Crippen LogP contribution is -2.44. The first-order valence-electron chi connectivity index (χ1n) is 14.4. The third kappa shape index (κ3) is 17.7. The summed E-state index contributed by atoms with van der Waals surface area (Å²) in [6, 6.07) is 6.52. The van der Waals surface area contributed by atoms with Crippen LogP contribution in [0.4, 0.5) is 0 Å². The van der Waals surface area contributed by atoms with Crippen LogP contribution in [0.3, 0.4) is 0 Å². The third-order valence-corrected chi connectivity index (χ3v) is 6.38. The zero-order valence-electron chi connectivity index (χ0n) is 26.5. The number of carbonyl (C=O) groups excluding carboxylic acids is 4. The first-order valence-corrected chi connectivity index (χ1v) is 14.4. The number of aryl methyl sites for hydroxylation is 1. The van der Waals surface area contributed by atoms with Gasteiger partial charge in [-0.25, -0.2) is 4.79 Å². The smallest absolute Gasteiger partial charge is 0.335 e. The number of likely N-dealkylation sites (N-methyl/N-ethyl adjacent to an activating group) is 2. The fourth-order valence-corrected chi connectivity index (χ4v) is 4.32. The van der Waals surface area contributed by atoms with Crippen LogP contribution in [0.1, 0.15) is 57.0 Å². The second kappa shape index (κ2) is 18.5. The Balaban J connectivity index is 2.83. The van der Waals surface area contributed by atoms with Crippen molar-refractivity contribution in [3.05, 3.63) is 35.4 Å². The fraction of sp³-hybridized carbons (Fsp3) is 0.645. The van der Waals surface area contributed by atoms with E-state index in [2.05, 4.69) is 0 Å². The summed E-state index contributed by atoms with van der Waals surface area (Å²) in [4.78, 5) is 67.6. The van der Waals surface area contributed by atoms with Crippen molar-refractivity contribution in [2.75, 3.05) is 79.5 Å². The number of esters is 1. The zero-order chi connectivity index (χ0) is 31.9. The second-order valence-electron chi connectivity index (χ2n) is 12.1. The number of Topliss-reactive ketones (excluding diaryl/α,β-unsaturated/α-hetero) is 3. The maximum atomic E-state index is 13.0. The van der Waals surface area contributed by atoms with Gasteiger partial charge >= 0.3 is 11.9 Å². The van der Waals surface area contributed by atoms with Crippen LogP contribution in [-0.2, 0) is 30.3 Å². The van der Waals surface area contributed by atoms with Crippen LogP contribution in [-0.4, -0.2) is 139 Å². The molecular formula is C31H50N4O7. The maximum absolute atomic E-state index is 13.0. The molecule has 0 aromatic heterocycles. The highest BCUT2D eigenvalue weighted by atomic mass is 16.6. The monoisotopic (exact) mass is 590 g/mol. The predicted molar refractivity (Wildman–Crippen MR) is 162 cm³/mol. The number of carboxylic acid groups (broad SMARTS) is 1. The standard InChI is InChI=1S/C31H50N4O7/c1-24(36)20-32(6)14-16-34(21-25(2)37)18-19-35(17-15-33(7)23-29(39)42-31(3,4)5)22-28(38)13-10-26-8-11-27(12-9-26)30(40)41/h8-9,11-12H,10,13-23H2,1-7H3,(H,40,41). The highest BCUT2D eigenvalue weighted by Gasteiger charge is 2.19. The maximum Gasteiger partial charge on any atom is 0.335 e. The van der Waals surface area contributed by atoms with E-state index in [0.29, 0.717) is 58.7 Å². The van der Waals surface area contributed by atoms with Gasteiger partial charge in [0.25, 0.3) is 0 Å². The van der Waals surface area contributed by atoms with Crippen molar-refractivity contribution < 1.29 is 33.8 Å². The number of benzene rings is 1. The van der Waals surface area contributed by atoms with Crippen LogP contribution in [0, 0.1) is 0 Å². The number of hydrogen-bond donors (Lipinski definition) is 1. The first-order chi connectivity index (χ1) is 19.5. The van der Waals surface area contributed by atoms with Gasteiger partial charge in [-0.15, -0.1) is 0 Å². The zero-order valence-corrected chi connectivity index (χ0v) is 26.5. The van der Waals surface area contributed by atoms with Gasteiger partial charge in [-0.2, -0.15) is 0 Å². The Labute approximate surface area is 250 Å². The van der Waals surface area contributed by atoms with Crippen LogP contribution in [0.2, 0.25) is 0 Å². The molecule has 0 saturated carbocycles. The van der Waals surface area contributed by atoms with Crippen molar-refractivity contribution in [1.29, 1.82) is 0 Å². The number of nitrogens with zero attached hydrogens (tertiary/aromatic N) is 4. The summed E-state index contributed by atoms with van der Waals surface area (Å²) < 4.78 is 5.42. The number of aromatic carboxylic acids is 1. The molecule has 11 nitrogen and oxygen atoms in total. The van der Waals surface area contributed by atoms with E-state index in [4.69, 9.17) is 9.84 Å². The summed E-state index contributed by atoms with van der Waals surface area (Å²) >= 11 is 0. The van der Waals surface area contributed by atoms with Crippen molar-refractivity contribution in [1.82, 2.24) is 19.6 Å². The van der Waals surface area contributed by atoms with Gasteiger partial charge in [-0.05, 0) is 72.8 Å². The van der Waals surface area contributed by atoms with E-state index in [1.165, 1.54) is 12.1 Å². The van der Waals surface area contributed by atoms with E-state index in [1.54, 1.807) is 26.0 Å². The van der Waals surface area contributed by atoms with Gasteiger partial charge < -0.3 is 9.84 Å². The van der Waals surface area contributed by atoms with E-state index in [9.17, 15) is 24.0 Å². The van der Waals surface area contributed by atoms with E-state index in [1.807, 2.05) is 54.5 Å². The molecule has 0 aliphatic rings. The number of carboxylic acids is 1. The third-order valence-electron chi connectivity index (χ3n) is 6.38. The van der Waals surface area contributed by atoms with Gasteiger partial charge in [0.1, 0.15) is 23.0 Å². The molecule has 42 heavy (non-hydrogen) atoms. The molecule has 0 aliphatic carbocycles. The molecular weight excluding hydrogens is 540 g/mol. The Morgan fingerprint density at radius 2 is 1.19 bits per heavy atom. The second-order valence-corrected chi connectivity index (χ2v) is 12.1. The highest BCUT2D eigenvalue weighted by Crippen LogP contribution is 2.09. The SMILES string of the molecule is CC(=O)CN(C)CCN(CCN(CCN(C)CC(=O)OC(C)(C)C)CC(=O)CCc1ccc(C(=O)O)cc1)CC(C)=O. The molecule has 1 aromatic rings. The lowest BCUT2D eigenvalue weighted by atomic mass is 10.1. The van der Waals surface area contributed by atoms with Gasteiger partial charge in [-0.1, -0.05) is 12.1 Å². The summed E-state index contributed by atoms with van der Waals surface area (Å²) in [7, 11) is 3.70. The van der Waals surface area contributed by atoms with E-state index >= 15 is 0 Å². The van der Waals surface area contributed by atoms with Crippen molar-refractivity contribution in [3.63, 3.8) is 0 Å². The molecule has 0 bridgehead atoms. The average Bonchev–Trinajstić information content (AvgIpc) is 2.85. The molecule has 0 unspecified atom stereocenters. The Hall–Kier alpha value is -2.99. The van der Waals surface area contributed by atoms with Crippen molar-refractivity contribution in [2.24, 2.45) is 0 Å². The first kappa shape index (κ1) is 37.0. The number of hydrogen-bond acceptors (Lipinski definition) is 10.